The van der Waals surface area contributed by atoms with Gasteiger partial charge < -0.3 is 25.0 Å². The topological polar surface area (TPSA) is 86.4 Å². The van der Waals surface area contributed by atoms with Crippen LogP contribution in [0.2, 0.25) is 0 Å². The molecular weight excluding hydrogens is 450 g/mol. The summed E-state index contributed by atoms with van der Waals surface area (Å²) in [6.07, 6.45) is 0. The molecular formula is C21H35N5O4S2. The van der Waals surface area contributed by atoms with E-state index in [0.717, 1.165) is 51.6 Å². The van der Waals surface area contributed by atoms with Crippen LogP contribution in [0, 0.1) is 0 Å². The van der Waals surface area contributed by atoms with Crippen molar-refractivity contribution in [3.05, 3.63) is 18.2 Å². The molecule has 0 unspecified atom stereocenters. The van der Waals surface area contributed by atoms with Gasteiger partial charge in [-0.15, -0.1) is 0 Å². The molecule has 0 aliphatic carbocycles. The molecule has 2 saturated heterocycles. The summed E-state index contributed by atoms with van der Waals surface area (Å²) in [6.45, 7) is 12.3. The number of hydrogen-bond acceptors (Lipinski definition) is 7. The molecule has 2 aliphatic rings. The monoisotopic (exact) mass is 485 g/mol. The molecule has 0 aromatic heterocycles. The van der Waals surface area contributed by atoms with E-state index >= 15 is 0 Å². The van der Waals surface area contributed by atoms with Crippen molar-refractivity contribution in [2.24, 2.45) is 0 Å². The zero-order chi connectivity index (χ0) is 23.0. The largest absolute Gasteiger partial charge is 0.379 e. The average Bonchev–Trinajstić information content (AvgIpc) is 2.81. The maximum absolute atomic E-state index is 13.1. The maximum atomic E-state index is 13.1. The highest BCUT2D eigenvalue weighted by atomic mass is 32.2. The summed E-state index contributed by atoms with van der Waals surface area (Å²) in [5.41, 5.74) is 1.60. The molecule has 0 saturated carbocycles. The number of ether oxygens (including phenoxy) is 2. The van der Waals surface area contributed by atoms with Crippen LogP contribution < -0.4 is 15.5 Å². The maximum Gasteiger partial charge on any atom is 0.243 e. The minimum Gasteiger partial charge on any atom is -0.379 e. The molecule has 0 radical (unpaired) electrons. The third kappa shape index (κ3) is 6.52. The summed E-state index contributed by atoms with van der Waals surface area (Å²) in [7, 11) is -3.57. The van der Waals surface area contributed by atoms with Crippen LogP contribution in [0.15, 0.2) is 23.1 Å². The molecule has 9 nitrogen and oxygen atoms in total. The van der Waals surface area contributed by atoms with Crippen LogP contribution in [0.1, 0.15) is 13.8 Å². The Morgan fingerprint density at radius 1 is 1.06 bits per heavy atom. The Hall–Kier alpha value is -1.50. The fourth-order valence-corrected chi connectivity index (χ4v) is 5.58. The van der Waals surface area contributed by atoms with E-state index in [1.54, 1.807) is 12.1 Å². The number of nitrogens with one attached hydrogen (secondary N) is 2. The van der Waals surface area contributed by atoms with E-state index in [0.29, 0.717) is 43.6 Å². The summed E-state index contributed by atoms with van der Waals surface area (Å²) < 4.78 is 38.5. The molecule has 2 aliphatic heterocycles. The van der Waals surface area contributed by atoms with Gasteiger partial charge >= 0.3 is 0 Å². The highest BCUT2D eigenvalue weighted by Gasteiger charge is 2.24. The third-order valence-corrected chi connectivity index (χ3v) is 8.02. The van der Waals surface area contributed by atoms with E-state index in [-0.39, 0.29) is 4.90 Å². The van der Waals surface area contributed by atoms with Gasteiger partial charge in [0.05, 0.1) is 42.7 Å². The highest BCUT2D eigenvalue weighted by Crippen LogP contribution is 2.31. The Morgan fingerprint density at radius 2 is 1.69 bits per heavy atom. The van der Waals surface area contributed by atoms with Crippen LogP contribution in [0.25, 0.3) is 0 Å². The summed E-state index contributed by atoms with van der Waals surface area (Å²) >= 11 is 5.53. The fraction of sp³-hybridized carbons (Fsp3) is 0.667. The molecule has 3 rings (SSSR count). The summed E-state index contributed by atoms with van der Waals surface area (Å²) in [5.74, 6) is 0. The van der Waals surface area contributed by atoms with Crippen molar-refractivity contribution in [1.82, 2.24) is 14.5 Å². The van der Waals surface area contributed by atoms with Gasteiger partial charge in [-0.3, -0.25) is 4.90 Å². The van der Waals surface area contributed by atoms with Crippen LogP contribution in [0.3, 0.4) is 0 Å². The Kier molecular flexibility index (Phi) is 9.50. The van der Waals surface area contributed by atoms with Crippen molar-refractivity contribution in [2.45, 2.75) is 18.7 Å². The summed E-state index contributed by atoms with van der Waals surface area (Å²) in [5, 5.41) is 6.97. The molecule has 32 heavy (non-hydrogen) atoms. The number of rotatable bonds is 9. The molecule has 2 N–H and O–H groups in total. The average molecular weight is 486 g/mol. The van der Waals surface area contributed by atoms with Gasteiger partial charge in [0.15, 0.2) is 5.11 Å². The highest BCUT2D eigenvalue weighted by molar-refractivity contribution is 7.89. The predicted molar refractivity (Wildman–Crippen MR) is 131 cm³/mol. The van der Waals surface area contributed by atoms with Gasteiger partial charge in [0.25, 0.3) is 0 Å². The van der Waals surface area contributed by atoms with E-state index in [1.807, 2.05) is 19.9 Å². The van der Waals surface area contributed by atoms with E-state index < -0.39 is 10.0 Å². The lowest BCUT2D eigenvalue weighted by Gasteiger charge is -2.31. The molecule has 0 spiro atoms. The van der Waals surface area contributed by atoms with Crippen molar-refractivity contribution in [1.29, 1.82) is 0 Å². The SMILES string of the molecule is CCN(CC)S(=O)(=O)c1ccc(N2CCOCC2)c(NC(=S)NCCN2CCOCC2)c1. The van der Waals surface area contributed by atoms with Gasteiger partial charge in [-0.2, -0.15) is 4.31 Å². The lowest BCUT2D eigenvalue weighted by atomic mass is 10.2. The normalized spacial score (nSPS) is 18.0. The van der Waals surface area contributed by atoms with E-state index in [2.05, 4.69) is 20.4 Å². The van der Waals surface area contributed by atoms with Crippen LogP contribution in [0.4, 0.5) is 11.4 Å². The molecule has 180 valence electrons. The lowest BCUT2D eigenvalue weighted by Crippen LogP contribution is -2.42. The number of sulfonamides is 1. The standard InChI is InChI=1S/C21H35N5O4S2/c1-3-26(4-2)32(27,28)18-5-6-20(25-11-15-30-16-12-25)19(17-18)23-21(31)22-7-8-24-9-13-29-14-10-24/h5-6,17H,3-4,7-16H2,1-2H3,(H2,22,23,31). The minimum atomic E-state index is -3.57. The molecule has 11 heteroatoms. The number of thiocarbonyl (C=S) groups is 1. The van der Waals surface area contributed by atoms with Gasteiger partial charge in [0.1, 0.15) is 0 Å². The molecule has 1 aromatic rings. The predicted octanol–water partition coefficient (Wildman–Crippen LogP) is 1.17. The molecule has 0 atom stereocenters. The second-order valence-electron chi connectivity index (χ2n) is 7.70. The van der Waals surface area contributed by atoms with Gasteiger partial charge in [-0.25, -0.2) is 8.42 Å². The molecule has 0 bridgehead atoms. The van der Waals surface area contributed by atoms with Gasteiger partial charge in [0.2, 0.25) is 10.0 Å². The summed E-state index contributed by atoms with van der Waals surface area (Å²) in [4.78, 5) is 4.78. The van der Waals surface area contributed by atoms with Crippen molar-refractivity contribution in [3.8, 4) is 0 Å². The van der Waals surface area contributed by atoms with Crippen LogP contribution in [0.5, 0.6) is 0 Å². The van der Waals surface area contributed by atoms with Crippen molar-refractivity contribution >= 4 is 38.7 Å². The van der Waals surface area contributed by atoms with Crippen molar-refractivity contribution in [3.63, 3.8) is 0 Å². The number of morpholine rings is 2. The quantitative estimate of drug-likeness (QED) is 0.501. The van der Waals surface area contributed by atoms with Crippen LogP contribution in [-0.2, 0) is 19.5 Å². The van der Waals surface area contributed by atoms with Gasteiger partial charge in [-0.05, 0) is 30.4 Å². The minimum absolute atomic E-state index is 0.261. The zero-order valence-corrected chi connectivity index (χ0v) is 20.6. The second kappa shape index (κ2) is 12.1. The Balaban J connectivity index is 1.74. The lowest BCUT2D eigenvalue weighted by molar-refractivity contribution is 0.0389. The number of benzene rings is 1. The molecule has 1 aromatic carbocycles. The van der Waals surface area contributed by atoms with E-state index in [1.165, 1.54) is 4.31 Å². The Morgan fingerprint density at radius 3 is 2.31 bits per heavy atom. The van der Waals surface area contributed by atoms with Crippen molar-refractivity contribution in [2.75, 3.05) is 89.0 Å². The van der Waals surface area contributed by atoms with Crippen LogP contribution >= 0.6 is 12.2 Å². The van der Waals surface area contributed by atoms with Gasteiger partial charge in [0, 0.05) is 52.4 Å². The molecule has 2 fully saturated rings. The number of anilines is 2. The number of hydrogen-bond donors (Lipinski definition) is 2. The first-order valence-electron chi connectivity index (χ1n) is 11.3. The zero-order valence-electron chi connectivity index (χ0n) is 19.0. The van der Waals surface area contributed by atoms with Gasteiger partial charge in [-0.1, -0.05) is 13.8 Å². The fourth-order valence-electron chi connectivity index (χ4n) is 3.89. The van der Waals surface area contributed by atoms with Crippen molar-refractivity contribution < 1.29 is 17.9 Å². The first kappa shape index (κ1) is 25.1. The Bertz CT molecular complexity index is 852. The first-order valence-corrected chi connectivity index (χ1v) is 13.1. The van der Waals surface area contributed by atoms with E-state index in [4.69, 9.17) is 21.7 Å². The van der Waals surface area contributed by atoms with Crippen LogP contribution in [-0.4, -0.2) is 102 Å². The first-order chi connectivity index (χ1) is 15.5. The summed E-state index contributed by atoms with van der Waals surface area (Å²) in [6, 6.07) is 5.23. The second-order valence-corrected chi connectivity index (χ2v) is 10.0. The number of nitrogens with zero attached hydrogens (tertiary/aromatic N) is 3. The van der Waals surface area contributed by atoms with E-state index in [9.17, 15) is 8.42 Å². The third-order valence-electron chi connectivity index (χ3n) is 5.73. The molecule has 0 amide bonds. The Labute approximate surface area is 197 Å². The smallest absolute Gasteiger partial charge is 0.243 e. The molecule has 2 heterocycles.